The van der Waals surface area contributed by atoms with Gasteiger partial charge in [0.1, 0.15) is 11.6 Å². The Balaban J connectivity index is 2.27. The summed E-state index contributed by atoms with van der Waals surface area (Å²) < 4.78 is 0. The van der Waals surface area contributed by atoms with Crippen LogP contribution in [-0.2, 0) is 4.79 Å². The molecule has 2 heterocycles. The van der Waals surface area contributed by atoms with E-state index in [0.29, 0.717) is 24.3 Å². The quantitative estimate of drug-likeness (QED) is 0.885. The van der Waals surface area contributed by atoms with E-state index in [9.17, 15) is 15.2 Å². The Morgan fingerprint density at radius 2 is 2.13 bits per heavy atom. The molecule has 7 heteroatoms. The Bertz CT molecular complexity index is 653. The van der Waals surface area contributed by atoms with E-state index in [1.165, 1.54) is 4.90 Å². The van der Waals surface area contributed by atoms with E-state index in [1.807, 2.05) is 18.7 Å². The van der Waals surface area contributed by atoms with Crippen LogP contribution in [0.3, 0.4) is 0 Å². The van der Waals surface area contributed by atoms with Crippen molar-refractivity contribution in [3.8, 4) is 6.07 Å². The van der Waals surface area contributed by atoms with Crippen molar-refractivity contribution in [2.45, 2.75) is 38.7 Å². The van der Waals surface area contributed by atoms with Gasteiger partial charge in [-0.15, -0.1) is 5.10 Å². The molecule has 1 aromatic rings. The zero-order valence-electron chi connectivity index (χ0n) is 14.1. The summed E-state index contributed by atoms with van der Waals surface area (Å²) >= 11 is 0. The van der Waals surface area contributed by atoms with Crippen LogP contribution < -0.4 is 4.90 Å². The topological polar surface area (TPSA) is 93.3 Å². The Kier molecular flexibility index (Phi) is 4.85. The summed E-state index contributed by atoms with van der Waals surface area (Å²) in [4.78, 5) is 15.3. The molecule has 0 bridgehead atoms. The van der Waals surface area contributed by atoms with E-state index >= 15 is 0 Å². The molecule has 124 valence electrons. The van der Waals surface area contributed by atoms with Crippen LogP contribution in [0.15, 0.2) is 0 Å². The van der Waals surface area contributed by atoms with Gasteiger partial charge >= 0.3 is 0 Å². The number of β-amino-alcohol motifs (C(OH)–C–C–N with tert-alkyl or cyclic N) is 1. The van der Waals surface area contributed by atoms with Crippen molar-refractivity contribution in [3.63, 3.8) is 0 Å². The molecule has 2 rings (SSSR count). The Morgan fingerprint density at radius 3 is 2.74 bits per heavy atom. The van der Waals surface area contributed by atoms with Crippen molar-refractivity contribution in [2.75, 3.05) is 32.1 Å². The summed E-state index contributed by atoms with van der Waals surface area (Å²) in [6.07, 6.45) is 1.36. The van der Waals surface area contributed by atoms with Crippen LogP contribution >= 0.6 is 0 Å². The number of aryl methyl sites for hydroxylation is 1. The lowest BCUT2D eigenvalue weighted by atomic mass is 9.89. The lowest BCUT2D eigenvalue weighted by Gasteiger charge is -2.40. The number of rotatable bonds is 3. The third kappa shape index (κ3) is 3.59. The average Bonchev–Trinajstić information content (AvgIpc) is 2.49. The van der Waals surface area contributed by atoms with Gasteiger partial charge < -0.3 is 14.9 Å². The van der Waals surface area contributed by atoms with E-state index in [1.54, 1.807) is 14.1 Å². The molecular formula is C16H23N5O2. The van der Waals surface area contributed by atoms with Crippen molar-refractivity contribution in [2.24, 2.45) is 0 Å². The minimum Gasteiger partial charge on any atom is -0.388 e. The predicted molar refractivity (Wildman–Crippen MR) is 85.9 cm³/mol. The van der Waals surface area contributed by atoms with Crippen molar-refractivity contribution >= 4 is 11.7 Å². The summed E-state index contributed by atoms with van der Waals surface area (Å²) in [7, 11) is 3.35. The molecule has 1 fully saturated rings. The summed E-state index contributed by atoms with van der Waals surface area (Å²) in [5, 5.41) is 28.5. The maximum atomic E-state index is 11.9. The standard InChI is InChI=1S/C16H23N5O2/c1-11-12(2)18-19-15(13(11)9-17)21-7-5-6-16(23,10-21)8-14(22)20(3)4/h23H,5-8,10H2,1-4H3. The third-order valence-corrected chi connectivity index (χ3v) is 4.38. The Labute approximate surface area is 136 Å². The second-order valence-electron chi connectivity index (χ2n) is 6.44. The molecule has 0 aliphatic carbocycles. The number of carbonyl (C=O) groups excluding carboxylic acids is 1. The van der Waals surface area contributed by atoms with Crippen molar-refractivity contribution in [3.05, 3.63) is 16.8 Å². The third-order valence-electron chi connectivity index (χ3n) is 4.38. The number of nitriles is 1. The van der Waals surface area contributed by atoms with Crippen LogP contribution in [0.4, 0.5) is 5.82 Å². The normalized spacial score (nSPS) is 21.0. The first-order chi connectivity index (χ1) is 10.8. The molecule has 1 saturated heterocycles. The highest BCUT2D eigenvalue weighted by Gasteiger charge is 2.37. The number of carbonyl (C=O) groups is 1. The molecule has 23 heavy (non-hydrogen) atoms. The fourth-order valence-electron chi connectivity index (χ4n) is 2.83. The van der Waals surface area contributed by atoms with Gasteiger partial charge in [0.05, 0.1) is 17.7 Å². The average molecular weight is 317 g/mol. The van der Waals surface area contributed by atoms with Gasteiger partial charge in [0.25, 0.3) is 0 Å². The maximum absolute atomic E-state index is 11.9. The van der Waals surface area contributed by atoms with Gasteiger partial charge in [-0.2, -0.15) is 10.4 Å². The molecule has 1 amide bonds. The van der Waals surface area contributed by atoms with Crippen LogP contribution in [0.2, 0.25) is 0 Å². The summed E-state index contributed by atoms with van der Waals surface area (Å²) in [6, 6.07) is 2.19. The van der Waals surface area contributed by atoms with Crippen LogP contribution in [0.25, 0.3) is 0 Å². The van der Waals surface area contributed by atoms with Crippen LogP contribution in [-0.4, -0.2) is 58.9 Å². The number of amides is 1. The zero-order chi connectivity index (χ0) is 17.2. The maximum Gasteiger partial charge on any atom is 0.225 e. The first kappa shape index (κ1) is 17.2. The van der Waals surface area contributed by atoms with Gasteiger partial charge in [0.2, 0.25) is 5.91 Å². The first-order valence-corrected chi connectivity index (χ1v) is 7.69. The van der Waals surface area contributed by atoms with E-state index in [-0.39, 0.29) is 18.9 Å². The van der Waals surface area contributed by atoms with Gasteiger partial charge in [0.15, 0.2) is 5.82 Å². The van der Waals surface area contributed by atoms with Crippen molar-refractivity contribution in [1.29, 1.82) is 5.26 Å². The Morgan fingerprint density at radius 1 is 1.43 bits per heavy atom. The predicted octanol–water partition coefficient (Wildman–Crippen LogP) is 0.775. The second kappa shape index (κ2) is 6.50. The molecule has 0 spiro atoms. The summed E-state index contributed by atoms with van der Waals surface area (Å²) in [5.74, 6) is 0.382. The second-order valence-corrected chi connectivity index (χ2v) is 6.44. The number of aliphatic hydroxyl groups is 1. The summed E-state index contributed by atoms with van der Waals surface area (Å²) in [6.45, 7) is 4.62. The Hall–Kier alpha value is -2.20. The number of nitrogens with zero attached hydrogens (tertiary/aromatic N) is 5. The highest BCUT2D eigenvalue weighted by molar-refractivity contribution is 5.77. The number of anilines is 1. The molecule has 1 aromatic heterocycles. The number of hydrogen-bond acceptors (Lipinski definition) is 6. The SMILES string of the molecule is Cc1nnc(N2CCCC(O)(CC(=O)N(C)C)C2)c(C#N)c1C. The fourth-order valence-corrected chi connectivity index (χ4v) is 2.83. The molecule has 0 saturated carbocycles. The molecular weight excluding hydrogens is 294 g/mol. The highest BCUT2D eigenvalue weighted by atomic mass is 16.3. The van der Waals surface area contributed by atoms with Gasteiger partial charge in [0, 0.05) is 27.2 Å². The van der Waals surface area contributed by atoms with Gasteiger partial charge in [-0.1, -0.05) is 0 Å². The minimum atomic E-state index is -1.10. The molecule has 7 nitrogen and oxygen atoms in total. The van der Waals surface area contributed by atoms with Crippen LogP contribution in [0.5, 0.6) is 0 Å². The number of hydrogen-bond donors (Lipinski definition) is 1. The van der Waals surface area contributed by atoms with Gasteiger partial charge in [-0.3, -0.25) is 4.79 Å². The summed E-state index contributed by atoms with van der Waals surface area (Å²) in [5.41, 5.74) is 0.907. The molecule has 1 N–H and O–H groups in total. The largest absolute Gasteiger partial charge is 0.388 e. The highest BCUT2D eigenvalue weighted by Crippen LogP contribution is 2.30. The van der Waals surface area contributed by atoms with Gasteiger partial charge in [-0.25, -0.2) is 0 Å². The molecule has 0 aromatic carbocycles. The van der Waals surface area contributed by atoms with Crippen LogP contribution in [0, 0.1) is 25.2 Å². The van der Waals surface area contributed by atoms with Crippen molar-refractivity contribution in [1.82, 2.24) is 15.1 Å². The van der Waals surface area contributed by atoms with E-state index in [2.05, 4.69) is 16.3 Å². The number of aromatic nitrogens is 2. The lowest BCUT2D eigenvalue weighted by molar-refractivity contribution is -0.134. The van der Waals surface area contributed by atoms with Gasteiger partial charge in [-0.05, 0) is 32.3 Å². The van der Waals surface area contributed by atoms with E-state index < -0.39 is 5.60 Å². The molecule has 1 aliphatic heterocycles. The first-order valence-electron chi connectivity index (χ1n) is 7.69. The minimum absolute atomic E-state index is 0.0661. The molecule has 1 aliphatic rings. The van der Waals surface area contributed by atoms with Crippen LogP contribution in [0.1, 0.15) is 36.1 Å². The van der Waals surface area contributed by atoms with E-state index in [4.69, 9.17) is 0 Å². The zero-order valence-corrected chi connectivity index (χ0v) is 14.1. The lowest BCUT2D eigenvalue weighted by Crippen LogP contribution is -2.51. The monoisotopic (exact) mass is 317 g/mol. The molecule has 0 radical (unpaired) electrons. The van der Waals surface area contributed by atoms with Crippen molar-refractivity contribution < 1.29 is 9.90 Å². The number of piperidine rings is 1. The van der Waals surface area contributed by atoms with E-state index in [0.717, 1.165) is 17.7 Å². The molecule has 1 atom stereocenters. The molecule has 1 unspecified atom stereocenters. The fraction of sp³-hybridized carbons (Fsp3) is 0.625. The smallest absolute Gasteiger partial charge is 0.225 e.